The maximum atomic E-state index is 11.9. The van der Waals surface area contributed by atoms with Gasteiger partial charge in [0, 0.05) is 52.4 Å². The SMILES string of the molecule is O=C(N1CC[N]CC1)N1CCNCC1. The average Bonchev–Trinajstić information content (AvgIpc) is 2.30. The minimum Gasteiger partial charge on any atom is -0.322 e. The summed E-state index contributed by atoms with van der Waals surface area (Å²) in [4.78, 5) is 15.8. The average molecular weight is 197 g/mol. The third kappa shape index (κ3) is 2.16. The summed E-state index contributed by atoms with van der Waals surface area (Å²) in [5, 5.41) is 7.47. The summed E-state index contributed by atoms with van der Waals surface area (Å²) in [6.45, 7) is 6.72. The molecule has 1 radical (unpaired) electrons. The minimum atomic E-state index is 0.196. The van der Waals surface area contributed by atoms with Crippen molar-refractivity contribution in [2.24, 2.45) is 0 Å². The van der Waals surface area contributed by atoms with Crippen LogP contribution in [0.2, 0.25) is 0 Å². The van der Waals surface area contributed by atoms with Gasteiger partial charge in [-0.2, -0.15) is 0 Å². The molecule has 1 N–H and O–H groups in total. The van der Waals surface area contributed by atoms with Crippen LogP contribution in [0.5, 0.6) is 0 Å². The van der Waals surface area contributed by atoms with Gasteiger partial charge >= 0.3 is 6.03 Å². The highest BCUT2D eigenvalue weighted by Crippen LogP contribution is 2.02. The van der Waals surface area contributed by atoms with E-state index in [2.05, 4.69) is 10.6 Å². The van der Waals surface area contributed by atoms with Crippen molar-refractivity contribution in [3.63, 3.8) is 0 Å². The maximum Gasteiger partial charge on any atom is 0.320 e. The number of carbonyl (C=O) groups excluding carboxylic acids is 1. The Hall–Kier alpha value is -0.810. The number of hydrogen-bond donors (Lipinski definition) is 1. The Kier molecular flexibility index (Phi) is 3.21. The standard InChI is InChI=1S/C9H17N4O/c14-9(12-5-1-10-2-6-12)13-7-3-11-4-8-13/h10H,1-8H2. The molecule has 0 spiro atoms. The Morgan fingerprint density at radius 1 is 1.00 bits per heavy atom. The number of nitrogens with zero attached hydrogens (tertiary/aromatic N) is 3. The van der Waals surface area contributed by atoms with Crippen molar-refractivity contribution in [3.05, 3.63) is 0 Å². The molecule has 0 bridgehead atoms. The normalized spacial score (nSPS) is 23.7. The molecule has 0 aliphatic carbocycles. The van der Waals surface area contributed by atoms with Gasteiger partial charge in [-0.05, 0) is 0 Å². The van der Waals surface area contributed by atoms with Crippen LogP contribution in [0.4, 0.5) is 4.79 Å². The van der Waals surface area contributed by atoms with Crippen LogP contribution in [0.15, 0.2) is 0 Å². The van der Waals surface area contributed by atoms with Gasteiger partial charge in [0.15, 0.2) is 0 Å². The summed E-state index contributed by atoms with van der Waals surface area (Å²) in [6, 6.07) is 0.196. The van der Waals surface area contributed by atoms with E-state index in [9.17, 15) is 4.79 Å². The molecule has 2 rings (SSSR count). The Balaban J connectivity index is 1.85. The zero-order valence-corrected chi connectivity index (χ0v) is 8.41. The molecule has 5 nitrogen and oxygen atoms in total. The molecular formula is C9H17N4O. The summed E-state index contributed by atoms with van der Waals surface area (Å²) in [5.74, 6) is 0. The largest absolute Gasteiger partial charge is 0.322 e. The molecule has 14 heavy (non-hydrogen) atoms. The van der Waals surface area contributed by atoms with Crippen molar-refractivity contribution in [1.29, 1.82) is 0 Å². The number of nitrogens with one attached hydrogen (secondary N) is 1. The fraction of sp³-hybridized carbons (Fsp3) is 0.889. The molecule has 2 saturated heterocycles. The highest BCUT2D eigenvalue weighted by atomic mass is 16.2. The zero-order chi connectivity index (χ0) is 9.80. The van der Waals surface area contributed by atoms with Crippen LogP contribution in [0, 0.1) is 0 Å². The Morgan fingerprint density at radius 3 is 2.21 bits per heavy atom. The van der Waals surface area contributed by atoms with Crippen molar-refractivity contribution in [2.75, 3.05) is 52.4 Å². The molecule has 0 aromatic rings. The molecule has 2 aliphatic rings. The zero-order valence-electron chi connectivity index (χ0n) is 8.41. The van der Waals surface area contributed by atoms with Crippen LogP contribution in [-0.2, 0) is 0 Å². The Labute approximate surface area is 84.4 Å². The Bertz CT molecular complexity index is 177. The van der Waals surface area contributed by atoms with Crippen LogP contribution >= 0.6 is 0 Å². The van der Waals surface area contributed by atoms with Gasteiger partial charge in [-0.3, -0.25) is 0 Å². The lowest BCUT2D eigenvalue weighted by Gasteiger charge is -2.34. The summed E-state index contributed by atoms with van der Waals surface area (Å²) in [5.41, 5.74) is 0. The summed E-state index contributed by atoms with van der Waals surface area (Å²) in [7, 11) is 0. The van der Waals surface area contributed by atoms with Crippen LogP contribution in [-0.4, -0.2) is 68.2 Å². The van der Waals surface area contributed by atoms with Crippen LogP contribution in [0.25, 0.3) is 0 Å². The van der Waals surface area contributed by atoms with E-state index in [1.54, 1.807) is 0 Å². The molecule has 2 heterocycles. The molecule has 5 heteroatoms. The number of urea groups is 1. The summed E-state index contributed by atoms with van der Waals surface area (Å²) >= 11 is 0. The second-order valence-corrected chi connectivity index (χ2v) is 3.68. The van der Waals surface area contributed by atoms with E-state index in [4.69, 9.17) is 0 Å². The third-order valence-corrected chi connectivity index (χ3v) is 2.71. The maximum absolute atomic E-state index is 11.9. The first kappa shape index (κ1) is 9.73. The first-order valence-corrected chi connectivity index (χ1v) is 5.26. The second-order valence-electron chi connectivity index (χ2n) is 3.68. The molecule has 2 fully saturated rings. The van der Waals surface area contributed by atoms with E-state index in [1.165, 1.54) is 0 Å². The fourth-order valence-corrected chi connectivity index (χ4v) is 1.85. The van der Waals surface area contributed by atoms with E-state index in [1.807, 2.05) is 9.80 Å². The first-order valence-electron chi connectivity index (χ1n) is 5.26. The van der Waals surface area contributed by atoms with Gasteiger partial charge in [0.05, 0.1) is 0 Å². The van der Waals surface area contributed by atoms with Gasteiger partial charge < -0.3 is 15.1 Å². The van der Waals surface area contributed by atoms with Gasteiger partial charge in [-0.15, -0.1) is 0 Å². The summed E-state index contributed by atoms with van der Waals surface area (Å²) < 4.78 is 0. The smallest absolute Gasteiger partial charge is 0.320 e. The number of amides is 2. The van der Waals surface area contributed by atoms with Crippen LogP contribution in [0.1, 0.15) is 0 Å². The van der Waals surface area contributed by atoms with E-state index in [0.29, 0.717) is 0 Å². The van der Waals surface area contributed by atoms with E-state index in [0.717, 1.165) is 52.4 Å². The van der Waals surface area contributed by atoms with Crippen molar-refractivity contribution in [2.45, 2.75) is 0 Å². The van der Waals surface area contributed by atoms with Crippen LogP contribution < -0.4 is 10.6 Å². The lowest BCUT2D eigenvalue weighted by Crippen LogP contribution is -2.54. The van der Waals surface area contributed by atoms with E-state index in [-0.39, 0.29) is 6.03 Å². The number of piperazine rings is 2. The lowest BCUT2D eigenvalue weighted by molar-refractivity contribution is 0.140. The molecule has 2 amide bonds. The van der Waals surface area contributed by atoms with Gasteiger partial charge in [-0.25, -0.2) is 10.1 Å². The highest BCUT2D eigenvalue weighted by molar-refractivity contribution is 5.74. The topological polar surface area (TPSA) is 49.7 Å². The van der Waals surface area contributed by atoms with Crippen LogP contribution in [0.3, 0.4) is 0 Å². The first-order chi connectivity index (χ1) is 6.88. The van der Waals surface area contributed by atoms with Crippen molar-refractivity contribution in [1.82, 2.24) is 20.4 Å². The van der Waals surface area contributed by atoms with E-state index >= 15 is 0 Å². The summed E-state index contributed by atoms with van der Waals surface area (Å²) in [6.07, 6.45) is 0. The molecule has 0 atom stereocenters. The molecule has 0 aromatic heterocycles. The molecule has 0 unspecified atom stereocenters. The van der Waals surface area contributed by atoms with Crippen molar-refractivity contribution < 1.29 is 4.79 Å². The van der Waals surface area contributed by atoms with Gasteiger partial charge in [-0.1, -0.05) is 0 Å². The molecule has 79 valence electrons. The quantitative estimate of drug-likeness (QED) is 0.537. The second kappa shape index (κ2) is 4.61. The molecule has 0 aromatic carbocycles. The van der Waals surface area contributed by atoms with Gasteiger partial charge in [0.25, 0.3) is 0 Å². The number of hydrogen-bond acceptors (Lipinski definition) is 2. The number of carbonyl (C=O) groups is 1. The monoisotopic (exact) mass is 197 g/mol. The minimum absolute atomic E-state index is 0.196. The fourth-order valence-electron chi connectivity index (χ4n) is 1.85. The van der Waals surface area contributed by atoms with Gasteiger partial charge in [0.2, 0.25) is 0 Å². The predicted molar refractivity (Wildman–Crippen MR) is 53.3 cm³/mol. The van der Waals surface area contributed by atoms with Gasteiger partial charge in [0.1, 0.15) is 0 Å². The predicted octanol–water partition coefficient (Wildman–Crippen LogP) is -1.07. The third-order valence-electron chi connectivity index (χ3n) is 2.71. The Morgan fingerprint density at radius 2 is 1.57 bits per heavy atom. The lowest BCUT2D eigenvalue weighted by atomic mass is 10.3. The number of rotatable bonds is 0. The highest BCUT2D eigenvalue weighted by Gasteiger charge is 2.23. The molecular weight excluding hydrogens is 180 g/mol. The molecule has 0 saturated carbocycles. The van der Waals surface area contributed by atoms with Crippen molar-refractivity contribution >= 4 is 6.03 Å². The van der Waals surface area contributed by atoms with Crippen molar-refractivity contribution in [3.8, 4) is 0 Å². The van der Waals surface area contributed by atoms with E-state index < -0.39 is 0 Å². The molecule has 2 aliphatic heterocycles.